The van der Waals surface area contributed by atoms with Crippen molar-refractivity contribution in [2.45, 2.75) is 270 Å². The van der Waals surface area contributed by atoms with Crippen LogP contribution >= 0.6 is 0 Å². The van der Waals surface area contributed by atoms with Crippen LogP contribution in [0, 0.1) is 0 Å². The number of unbranched alkanes of at least 4 members (excludes halogenated alkanes) is 30. The Labute approximate surface area is 355 Å². The zero-order valence-electron chi connectivity index (χ0n) is 38.0. The van der Waals surface area contributed by atoms with Gasteiger partial charge in [-0.05, 0) is 70.6 Å². The van der Waals surface area contributed by atoms with Crippen LogP contribution in [-0.4, -0.2) is 46.1 Å². The first-order valence-electron chi connectivity index (χ1n) is 24.9. The molecule has 0 rings (SSSR count). The number of rotatable bonds is 45. The lowest BCUT2D eigenvalue weighted by atomic mass is 10.0. The van der Waals surface area contributed by atoms with E-state index in [-0.39, 0.29) is 18.9 Å². The van der Waals surface area contributed by atoms with Crippen LogP contribution in [0.3, 0.4) is 0 Å². The average molecular weight is 800 g/mol. The fraction of sp³-hybridized carbons (Fsp3) is 0.827. The minimum atomic E-state index is -0.963. The number of hydrogen-bond acceptors (Lipinski definition) is 4. The van der Waals surface area contributed by atoms with E-state index in [1.165, 1.54) is 173 Å². The highest BCUT2D eigenvalue weighted by Crippen LogP contribution is 2.15. The third-order valence-electron chi connectivity index (χ3n) is 11.3. The maximum absolute atomic E-state index is 12.5. The van der Waals surface area contributed by atoms with Gasteiger partial charge in [0.25, 0.3) is 0 Å². The van der Waals surface area contributed by atoms with E-state index in [0.29, 0.717) is 6.42 Å². The Morgan fingerprint density at radius 1 is 0.439 bits per heavy atom. The van der Waals surface area contributed by atoms with Gasteiger partial charge in [-0.3, -0.25) is 4.79 Å². The summed E-state index contributed by atoms with van der Waals surface area (Å²) in [6.07, 6.45) is 61.3. The lowest BCUT2D eigenvalue weighted by Gasteiger charge is -2.20. The number of aliphatic hydroxyl groups excluding tert-OH is 3. The standard InChI is InChI=1S/C52H97NO4/c1-3-5-7-9-11-13-15-17-19-21-23-25-27-29-31-33-35-37-39-41-43-45-49(55)47-52(57)53-50(48-54)51(56)46-44-42-40-38-36-34-32-30-28-26-24-22-20-18-16-14-12-10-8-6-4-2/h28-31,36,38,44,46,49-51,54-56H,3-27,32-35,37,39-43,45,47-48H2,1-2H3,(H,53,57)/b30-28+,31-29-,38-36+,46-44+. The predicted molar refractivity (Wildman–Crippen MR) is 250 cm³/mol. The minimum absolute atomic E-state index is 0.00371. The summed E-state index contributed by atoms with van der Waals surface area (Å²) in [6.45, 7) is 4.21. The van der Waals surface area contributed by atoms with Gasteiger partial charge in [0.05, 0.1) is 31.3 Å². The number of nitrogens with one attached hydrogen (secondary N) is 1. The summed E-state index contributed by atoms with van der Waals surface area (Å²) in [5, 5.41) is 33.3. The molecule has 4 N–H and O–H groups in total. The van der Waals surface area contributed by atoms with Crippen LogP contribution in [0.15, 0.2) is 48.6 Å². The molecule has 3 unspecified atom stereocenters. The first kappa shape index (κ1) is 55.3. The molecule has 0 radical (unpaired) electrons. The first-order valence-corrected chi connectivity index (χ1v) is 24.9. The quantitative estimate of drug-likeness (QED) is 0.0365. The summed E-state index contributed by atoms with van der Waals surface area (Å²) >= 11 is 0. The molecule has 334 valence electrons. The Morgan fingerprint density at radius 2 is 0.754 bits per heavy atom. The molecule has 0 aromatic heterocycles. The molecule has 0 heterocycles. The van der Waals surface area contributed by atoms with Gasteiger partial charge in [0, 0.05) is 0 Å². The molecule has 5 nitrogen and oxygen atoms in total. The van der Waals surface area contributed by atoms with Crippen molar-refractivity contribution in [2.75, 3.05) is 6.61 Å². The maximum Gasteiger partial charge on any atom is 0.222 e. The van der Waals surface area contributed by atoms with Gasteiger partial charge < -0.3 is 20.6 Å². The smallest absolute Gasteiger partial charge is 0.222 e. The molecule has 0 aliphatic rings. The number of hydrogen-bond donors (Lipinski definition) is 4. The second kappa shape index (κ2) is 47.0. The molecule has 0 bridgehead atoms. The fourth-order valence-electron chi connectivity index (χ4n) is 7.48. The largest absolute Gasteiger partial charge is 0.394 e. The molecule has 0 aromatic rings. The highest BCUT2D eigenvalue weighted by molar-refractivity contribution is 5.76. The predicted octanol–water partition coefficient (Wildman–Crippen LogP) is 14.9. The van der Waals surface area contributed by atoms with Gasteiger partial charge in [0.15, 0.2) is 0 Å². The highest BCUT2D eigenvalue weighted by atomic mass is 16.3. The lowest BCUT2D eigenvalue weighted by Crippen LogP contribution is -2.45. The molecule has 1 amide bonds. The number of allylic oxidation sites excluding steroid dienone is 7. The first-order chi connectivity index (χ1) is 28.0. The topological polar surface area (TPSA) is 89.8 Å². The van der Waals surface area contributed by atoms with E-state index in [2.05, 4.69) is 55.6 Å². The Morgan fingerprint density at radius 3 is 1.12 bits per heavy atom. The number of amides is 1. The summed E-state index contributed by atoms with van der Waals surface area (Å²) in [5.74, 6) is -0.333. The second-order valence-electron chi connectivity index (χ2n) is 17.0. The van der Waals surface area contributed by atoms with Crippen molar-refractivity contribution < 1.29 is 20.1 Å². The van der Waals surface area contributed by atoms with Crippen LogP contribution in [-0.2, 0) is 4.79 Å². The van der Waals surface area contributed by atoms with Crippen molar-refractivity contribution in [3.05, 3.63) is 48.6 Å². The van der Waals surface area contributed by atoms with Crippen LogP contribution in [0.25, 0.3) is 0 Å². The number of carbonyl (C=O) groups is 1. The van der Waals surface area contributed by atoms with Crippen LogP contribution in [0.2, 0.25) is 0 Å². The molecule has 0 fully saturated rings. The molecule has 5 heteroatoms. The van der Waals surface area contributed by atoms with Gasteiger partial charge >= 0.3 is 0 Å². The fourth-order valence-corrected chi connectivity index (χ4v) is 7.48. The van der Waals surface area contributed by atoms with Crippen molar-refractivity contribution in [3.8, 4) is 0 Å². The normalized spacial score (nSPS) is 13.8. The van der Waals surface area contributed by atoms with E-state index in [0.717, 1.165) is 51.4 Å². The van der Waals surface area contributed by atoms with Gasteiger partial charge in [0.2, 0.25) is 5.91 Å². The molecule has 0 saturated carbocycles. The minimum Gasteiger partial charge on any atom is -0.394 e. The van der Waals surface area contributed by atoms with E-state index >= 15 is 0 Å². The van der Waals surface area contributed by atoms with Crippen LogP contribution < -0.4 is 5.32 Å². The second-order valence-corrected chi connectivity index (χ2v) is 17.0. The van der Waals surface area contributed by atoms with E-state index in [9.17, 15) is 20.1 Å². The summed E-state index contributed by atoms with van der Waals surface area (Å²) in [7, 11) is 0. The van der Waals surface area contributed by atoms with Gasteiger partial charge in [-0.15, -0.1) is 0 Å². The molecule has 57 heavy (non-hydrogen) atoms. The Hall–Kier alpha value is -1.69. The van der Waals surface area contributed by atoms with Crippen molar-refractivity contribution >= 4 is 5.91 Å². The summed E-state index contributed by atoms with van der Waals surface area (Å²) in [5.41, 5.74) is 0. The van der Waals surface area contributed by atoms with Gasteiger partial charge in [-0.1, -0.05) is 223 Å². The Kier molecular flexibility index (Phi) is 45.6. The maximum atomic E-state index is 12.5. The summed E-state index contributed by atoms with van der Waals surface area (Å²) in [4.78, 5) is 12.5. The van der Waals surface area contributed by atoms with Gasteiger partial charge in [-0.25, -0.2) is 0 Å². The molecular formula is C52H97NO4. The number of aliphatic hydroxyl groups is 3. The van der Waals surface area contributed by atoms with Gasteiger partial charge in [0.1, 0.15) is 0 Å². The zero-order valence-corrected chi connectivity index (χ0v) is 38.0. The van der Waals surface area contributed by atoms with Crippen molar-refractivity contribution in [3.63, 3.8) is 0 Å². The molecule has 0 saturated heterocycles. The van der Waals surface area contributed by atoms with Crippen molar-refractivity contribution in [1.29, 1.82) is 0 Å². The van der Waals surface area contributed by atoms with Crippen LogP contribution in [0.5, 0.6) is 0 Å². The van der Waals surface area contributed by atoms with Crippen molar-refractivity contribution in [2.24, 2.45) is 0 Å². The molecule has 0 aliphatic heterocycles. The molecule has 0 aromatic carbocycles. The zero-order chi connectivity index (χ0) is 41.5. The van der Waals surface area contributed by atoms with E-state index in [4.69, 9.17) is 0 Å². The molecule has 0 aliphatic carbocycles. The van der Waals surface area contributed by atoms with Crippen LogP contribution in [0.4, 0.5) is 0 Å². The monoisotopic (exact) mass is 800 g/mol. The van der Waals surface area contributed by atoms with Crippen LogP contribution in [0.1, 0.15) is 251 Å². The van der Waals surface area contributed by atoms with Crippen molar-refractivity contribution in [1.82, 2.24) is 5.32 Å². The average Bonchev–Trinajstić information content (AvgIpc) is 3.20. The third-order valence-corrected chi connectivity index (χ3v) is 11.3. The Bertz CT molecular complexity index is 927. The molecular weight excluding hydrogens is 703 g/mol. The summed E-state index contributed by atoms with van der Waals surface area (Å²) < 4.78 is 0. The van der Waals surface area contributed by atoms with E-state index in [1.807, 2.05) is 6.08 Å². The highest BCUT2D eigenvalue weighted by Gasteiger charge is 2.20. The van der Waals surface area contributed by atoms with Gasteiger partial charge in [-0.2, -0.15) is 0 Å². The molecule has 3 atom stereocenters. The van der Waals surface area contributed by atoms with E-state index < -0.39 is 18.2 Å². The third kappa shape index (κ3) is 43.7. The summed E-state index contributed by atoms with van der Waals surface area (Å²) in [6, 6.07) is -0.771. The van der Waals surface area contributed by atoms with E-state index in [1.54, 1.807) is 6.08 Å². The molecule has 0 spiro atoms. The Balaban J connectivity index is 3.70. The lowest BCUT2D eigenvalue weighted by molar-refractivity contribution is -0.124. The SMILES string of the molecule is CCCCCCCCCCCCC/C=C/CC/C=C/CC/C=C/C(O)C(CO)NC(=O)CC(O)CCCCCCC/C=C\CCCCCCCCCCCCCC. The number of carbonyl (C=O) groups excluding carboxylic acids is 1.